The first-order chi connectivity index (χ1) is 12.9. The molecule has 3 N–H and O–H groups in total. The summed E-state index contributed by atoms with van der Waals surface area (Å²) in [6, 6.07) is 8.26. The van der Waals surface area contributed by atoms with Crippen LogP contribution in [0.15, 0.2) is 29.3 Å². The summed E-state index contributed by atoms with van der Waals surface area (Å²) in [5.41, 5.74) is 7.14. The molecular formula is C20H32N4O3. The van der Waals surface area contributed by atoms with Crippen LogP contribution in [0.25, 0.3) is 0 Å². The van der Waals surface area contributed by atoms with Crippen LogP contribution in [-0.2, 0) is 10.2 Å². The summed E-state index contributed by atoms with van der Waals surface area (Å²) in [6.07, 6.45) is 1.42. The minimum Gasteiger partial charge on any atom is -0.497 e. The van der Waals surface area contributed by atoms with Crippen LogP contribution in [0.3, 0.4) is 0 Å². The molecule has 0 aliphatic carbocycles. The number of methoxy groups -OCH3 is 1. The first-order valence-corrected chi connectivity index (χ1v) is 9.48. The lowest BCUT2D eigenvalue weighted by atomic mass is 9.85. The molecule has 0 atom stereocenters. The van der Waals surface area contributed by atoms with Crippen molar-refractivity contribution in [1.82, 2.24) is 10.2 Å². The molecule has 1 aromatic carbocycles. The quantitative estimate of drug-likeness (QED) is 0.588. The van der Waals surface area contributed by atoms with E-state index in [-0.39, 0.29) is 17.6 Å². The largest absolute Gasteiger partial charge is 0.497 e. The molecule has 150 valence electrons. The van der Waals surface area contributed by atoms with Gasteiger partial charge in [-0.25, -0.2) is 4.79 Å². The lowest BCUT2D eigenvalue weighted by Gasteiger charge is -2.32. The predicted molar refractivity (Wildman–Crippen MR) is 107 cm³/mol. The molecule has 7 heteroatoms. The third-order valence-corrected chi connectivity index (χ3v) is 4.89. The molecule has 0 spiro atoms. The van der Waals surface area contributed by atoms with Crippen molar-refractivity contribution in [2.75, 3.05) is 33.4 Å². The SMILES string of the molecule is CCOC(=O)N1CCC(NC(N)=NCC(C)(C)c2ccc(OC)cc2)CC1. The van der Waals surface area contributed by atoms with Gasteiger partial charge in [-0.15, -0.1) is 0 Å². The number of aliphatic imine (C=N–C) groups is 1. The highest BCUT2D eigenvalue weighted by molar-refractivity contribution is 5.78. The number of guanidine groups is 1. The Balaban J connectivity index is 1.84. The second kappa shape index (κ2) is 9.48. The van der Waals surface area contributed by atoms with Gasteiger partial charge in [0.2, 0.25) is 0 Å². The van der Waals surface area contributed by atoms with Crippen molar-refractivity contribution in [3.8, 4) is 5.75 Å². The average molecular weight is 377 g/mol. The lowest BCUT2D eigenvalue weighted by molar-refractivity contribution is 0.0963. The molecule has 1 saturated heterocycles. The summed E-state index contributed by atoms with van der Waals surface area (Å²) in [5, 5.41) is 3.28. The Hall–Kier alpha value is -2.44. The first kappa shape index (κ1) is 20.9. The van der Waals surface area contributed by atoms with Crippen molar-refractivity contribution < 1.29 is 14.3 Å². The Bertz CT molecular complexity index is 635. The van der Waals surface area contributed by atoms with Gasteiger partial charge < -0.3 is 25.4 Å². The molecule has 1 aliphatic heterocycles. The molecule has 2 rings (SSSR count). The number of carbonyl (C=O) groups excluding carboxylic acids is 1. The van der Waals surface area contributed by atoms with Crippen molar-refractivity contribution in [2.45, 2.75) is 45.1 Å². The van der Waals surface area contributed by atoms with Gasteiger partial charge >= 0.3 is 6.09 Å². The van der Waals surface area contributed by atoms with Gasteiger partial charge in [-0.1, -0.05) is 26.0 Å². The fourth-order valence-corrected chi connectivity index (χ4v) is 3.09. The number of benzene rings is 1. The number of piperidine rings is 1. The lowest BCUT2D eigenvalue weighted by Crippen LogP contribution is -2.48. The van der Waals surface area contributed by atoms with Gasteiger partial charge in [0.05, 0.1) is 20.3 Å². The monoisotopic (exact) mass is 376 g/mol. The molecule has 1 amide bonds. The van der Waals surface area contributed by atoms with Crippen LogP contribution in [0.5, 0.6) is 5.75 Å². The van der Waals surface area contributed by atoms with E-state index in [0.29, 0.717) is 32.2 Å². The molecule has 0 unspecified atom stereocenters. The van der Waals surface area contributed by atoms with Gasteiger partial charge in [-0.3, -0.25) is 4.99 Å². The third-order valence-electron chi connectivity index (χ3n) is 4.89. The number of carbonyl (C=O) groups is 1. The fourth-order valence-electron chi connectivity index (χ4n) is 3.09. The van der Waals surface area contributed by atoms with Crippen LogP contribution in [0.4, 0.5) is 4.79 Å². The van der Waals surface area contributed by atoms with Crippen LogP contribution in [0.2, 0.25) is 0 Å². The van der Waals surface area contributed by atoms with Gasteiger partial charge in [-0.05, 0) is 37.5 Å². The number of hydrogen-bond acceptors (Lipinski definition) is 4. The molecule has 0 saturated carbocycles. The summed E-state index contributed by atoms with van der Waals surface area (Å²) < 4.78 is 10.3. The highest BCUT2D eigenvalue weighted by Gasteiger charge is 2.24. The van der Waals surface area contributed by atoms with E-state index in [1.807, 2.05) is 19.1 Å². The van der Waals surface area contributed by atoms with Crippen LogP contribution in [0, 0.1) is 0 Å². The number of nitrogens with one attached hydrogen (secondary N) is 1. The molecule has 1 heterocycles. The molecule has 7 nitrogen and oxygen atoms in total. The summed E-state index contributed by atoms with van der Waals surface area (Å²) in [4.78, 5) is 18.0. The average Bonchev–Trinajstić information content (AvgIpc) is 2.67. The smallest absolute Gasteiger partial charge is 0.409 e. The van der Waals surface area contributed by atoms with E-state index in [1.54, 1.807) is 12.0 Å². The highest BCUT2D eigenvalue weighted by Crippen LogP contribution is 2.25. The maximum atomic E-state index is 11.7. The predicted octanol–water partition coefficient (Wildman–Crippen LogP) is 2.50. The standard InChI is InChI=1S/C20H32N4O3/c1-5-27-19(25)24-12-10-16(11-13-24)23-18(21)22-14-20(2,3)15-6-8-17(26-4)9-7-15/h6-9,16H,5,10-14H2,1-4H3,(H3,21,22,23). The number of nitrogens with zero attached hydrogens (tertiary/aromatic N) is 2. The molecular weight excluding hydrogens is 344 g/mol. The van der Waals surface area contributed by atoms with Crippen LogP contribution in [-0.4, -0.2) is 56.3 Å². The second-order valence-corrected chi connectivity index (χ2v) is 7.42. The van der Waals surface area contributed by atoms with Crippen LogP contribution in [0.1, 0.15) is 39.2 Å². The van der Waals surface area contributed by atoms with Crippen LogP contribution >= 0.6 is 0 Å². The number of nitrogens with two attached hydrogens (primary N) is 1. The molecule has 1 aromatic rings. The Morgan fingerprint density at radius 1 is 1.30 bits per heavy atom. The van der Waals surface area contributed by atoms with Crippen molar-refractivity contribution in [3.05, 3.63) is 29.8 Å². The Kier molecular flexibility index (Phi) is 7.33. The molecule has 1 aliphatic rings. The van der Waals surface area contributed by atoms with Crippen molar-refractivity contribution in [2.24, 2.45) is 10.7 Å². The topological polar surface area (TPSA) is 89.2 Å². The van der Waals surface area contributed by atoms with Gasteiger partial charge in [0.15, 0.2) is 5.96 Å². The van der Waals surface area contributed by atoms with Gasteiger partial charge in [-0.2, -0.15) is 0 Å². The number of hydrogen-bond donors (Lipinski definition) is 2. The third kappa shape index (κ3) is 6.05. The Labute approximate surface area is 161 Å². The normalized spacial score (nSPS) is 16.1. The fraction of sp³-hybridized carbons (Fsp3) is 0.600. The van der Waals surface area contributed by atoms with Crippen molar-refractivity contribution >= 4 is 12.1 Å². The second-order valence-electron chi connectivity index (χ2n) is 7.42. The summed E-state index contributed by atoms with van der Waals surface area (Å²) in [7, 11) is 1.66. The van der Waals surface area contributed by atoms with E-state index in [2.05, 4.69) is 36.3 Å². The minimum atomic E-state index is -0.237. The van der Waals surface area contributed by atoms with E-state index in [4.69, 9.17) is 15.2 Å². The molecule has 0 aromatic heterocycles. The Morgan fingerprint density at radius 3 is 2.48 bits per heavy atom. The maximum absolute atomic E-state index is 11.7. The summed E-state index contributed by atoms with van der Waals surface area (Å²) in [6.45, 7) is 8.42. The summed E-state index contributed by atoms with van der Waals surface area (Å²) >= 11 is 0. The maximum Gasteiger partial charge on any atom is 0.409 e. The van der Waals surface area contributed by atoms with E-state index < -0.39 is 0 Å². The first-order valence-electron chi connectivity index (χ1n) is 9.48. The van der Waals surface area contributed by atoms with E-state index in [1.165, 1.54) is 5.56 Å². The Morgan fingerprint density at radius 2 is 1.93 bits per heavy atom. The van der Waals surface area contributed by atoms with Gasteiger partial charge in [0.25, 0.3) is 0 Å². The van der Waals surface area contributed by atoms with Gasteiger partial charge in [0, 0.05) is 24.5 Å². The van der Waals surface area contributed by atoms with E-state index in [9.17, 15) is 4.79 Å². The number of amides is 1. The van der Waals surface area contributed by atoms with Crippen molar-refractivity contribution in [1.29, 1.82) is 0 Å². The van der Waals surface area contributed by atoms with E-state index >= 15 is 0 Å². The number of likely N-dealkylation sites (tertiary alicyclic amines) is 1. The van der Waals surface area contributed by atoms with E-state index in [0.717, 1.165) is 18.6 Å². The molecule has 27 heavy (non-hydrogen) atoms. The van der Waals surface area contributed by atoms with Crippen molar-refractivity contribution in [3.63, 3.8) is 0 Å². The number of ether oxygens (including phenoxy) is 2. The highest BCUT2D eigenvalue weighted by atomic mass is 16.6. The van der Waals surface area contributed by atoms with Gasteiger partial charge in [0.1, 0.15) is 5.75 Å². The molecule has 0 bridgehead atoms. The number of rotatable bonds is 6. The zero-order chi connectivity index (χ0) is 19.9. The molecule has 0 radical (unpaired) electrons. The van der Waals surface area contributed by atoms with Crippen LogP contribution < -0.4 is 15.8 Å². The molecule has 1 fully saturated rings. The summed E-state index contributed by atoms with van der Waals surface area (Å²) in [5.74, 6) is 1.29. The zero-order valence-corrected chi connectivity index (χ0v) is 16.8. The zero-order valence-electron chi connectivity index (χ0n) is 16.8. The minimum absolute atomic E-state index is 0.133.